The van der Waals surface area contributed by atoms with Gasteiger partial charge in [0.15, 0.2) is 0 Å². The van der Waals surface area contributed by atoms with Crippen molar-refractivity contribution in [2.75, 3.05) is 0 Å². The summed E-state index contributed by atoms with van der Waals surface area (Å²) in [7, 11) is 0. The molecule has 0 spiro atoms. The van der Waals surface area contributed by atoms with E-state index in [4.69, 9.17) is 11.1 Å². The normalized spacial score (nSPS) is 12.1. The summed E-state index contributed by atoms with van der Waals surface area (Å²) in [5, 5.41) is 7.37. The topological polar surface area (TPSA) is 88.5 Å². The number of amidine groups is 1. The molecule has 0 aromatic heterocycles. The molecule has 0 saturated carbocycles. The van der Waals surface area contributed by atoms with E-state index in [1.54, 1.807) is 0 Å². The first-order valence-corrected chi connectivity index (χ1v) is 4.55. The van der Waals surface area contributed by atoms with Gasteiger partial charge in [-0.3, -0.25) is 10.2 Å². The van der Waals surface area contributed by atoms with Crippen molar-refractivity contribution < 1.29 is 22.7 Å². The second-order valence-corrected chi connectivity index (χ2v) is 3.08. The maximum Gasteiger partial charge on any atom is 0.416 e. The number of rotatable bonds is 2. The lowest BCUT2D eigenvalue weighted by Gasteiger charge is -2.09. The predicted octanol–water partition coefficient (Wildman–Crippen LogP) is 1.52. The number of benzene rings is 1. The highest BCUT2D eigenvalue weighted by Gasteiger charge is 2.30. The number of nitrogens with zero attached hydrogens (tertiary/aromatic N) is 1. The van der Waals surface area contributed by atoms with Crippen LogP contribution in [0.25, 0.3) is 0 Å². The molecule has 0 aliphatic carbocycles. The van der Waals surface area contributed by atoms with Crippen molar-refractivity contribution in [3.05, 3.63) is 35.4 Å². The molecule has 1 amide bonds. The number of alkyl halides is 3. The van der Waals surface area contributed by atoms with E-state index in [0.29, 0.717) is 0 Å². The van der Waals surface area contributed by atoms with Gasteiger partial charge in [0.05, 0.1) is 5.56 Å². The van der Waals surface area contributed by atoms with Crippen molar-refractivity contribution in [1.82, 2.24) is 0 Å². The molecule has 0 saturated heterocycles. The first kappa shape index (κ1) is 13.7. The molecular weight excluding hydrogens is 251 g/mol. The maximum atomic E-state index is 12.4. The molecule has 0 aliphatic heterocycles. The smallest absolute Gasteiger partial charge is 0.407 e. The predicted molar refractivity (Wildman–Crippen MR) is 57.0 cm³/mol. The van der Waals surface area contributed by atoms with E-state index in [1.165, 1.54) is 6.07 Å². The number of amides is 1. The molecule has 0 atom stereocenters. The van der Waals surface area contributed by atoms with Gasteiger partial charge >= 0.3 is 6.18 Å². The van der Waals surface area contributed by atoms with Crippen molar-refractivity contribution in [1.29, 1.82) is 5.41 Å². The van der Waals surface area contributed by atoms with Crippen LogP contribution in [0.3, 0.4) is 0 Å². The van der Waals surface area contributed by atoms with Gasteiger partial charge in [-0.2, -0.15) is 18.2 Å². The largest absolute Gasteiger partial charge is 0.416 e. The summed E-state index contributed by atoms with van der Waals surface area (Å²) in [4.78, 5) is 12.9. The zero-order valence-corrected chi connectivity index (χ0v) is 8.86. The molecular formula is C10H8F3N3O2. The molecule has 0 aliphatic rings. The molecule has 0 radical (unpaired) electrons. The lowest BCUT2D eigenvalue weighted by Crippen LogP contribution is -2.21. The fourth-order valence-corrected chi connectivity index (χ4v) is 1.08. The SMILES string of the molecule is N=C(OC(N)=NC=O)c1cccc(C(F)(F)F)c1. The van der Waals surface area contributed by atoms with Crippen LogP contribution in [0.2, 0.25) is 0 Å². The van der Waals surface area contributed by atoms with Crippen molar-refractivity contribution in [2.45, 2.75) is 6.18 Å². The van der Waals surface area contributed by atoms with Gasteiger partial charge in [0.2, 0.25) is 12.3 Å². The Bertz CT molecular complexity index is 497. The maximum absolute atomic E-state index is 12.4. The fourth-order valence-electron chi connectivity index (χ4n) is 1.08. The molecule has 96 valence electrons. The second kappa shape index (κ2) is 5.30. The summed E-state index contributed by atoms with van der Waals surface area (Å²) in [6, 6.07) is 3.35. The van der Waals surface area contributed by atoms with E-state index in [-0.39, 0.29) is 12.0 Å². The molecule has 5 nitrogen and oxygen atoms in total. The third-order valence-electron chi connectivity index (χ3n) is 1.84. The summed E-state index contributed by atoms with van der Waals surface area (Å²) in [6.45, 7) is 0. The number of hydrogen-bond acceptors (Lipinski definition) is 3. The molecule has 1 rings (SSSR count). The summed E-state index contributed by atoms with van der Waals surface area (Å²) >= 11 is 0. The van der Waals surface area contributed by atoms with Gasteiger partial charge in [-0.1, -0.05) is 6.07 Å². The minimum absolute atomic E-state index is 0.0920. The third-order valence-corrected chi connectivity index (χ3v) is 1.84. The Morgan fingerprint density at radius 2 is 2.11 bits per heavy atom. The number of carbonyl (C=O) groups excluding carboxylic acids is 1. The highest BCUT2D eigenvalue weighted by molar-refractivity contribution is 6.00. The molecule has 0 fully saturated rings. The minimum atomic E-state index is -4.52. The van der Waals surface area contributed by atoms with Crippen molar-refractivity contribution in [3.63, 3.8) is 0 Å². The lowest BCUT2D eigenvalue weighted by atomic mass is 10.1. The van der Waals surface area contributed by atoms with Crippen LogP contribution in [0.15, 0.2) is 29.3 Å². The molecule has 0 heterocycles. The molecule has 1 aromatic rings. The van der Waals surface area contributed by atoms with Crippen LogP contribution in [0.4, 0.5) is 13.2 Å². The number of carbonyl (C=O) groups is 1. The van der Waals surface area contributed by atoms with Crippen LogP contribution in [-0.4, -0.2) is 18.3 Å². The number of hydrogen-bond donors (Lipinski definition) is 2. The lowest BCUT2D eigenvalue weighted by molar-refractivity contribution is -0.137. The molecule has 8 heteroatoms. The molecule has 0 unspecified atom stereocenters. The zero-order chi connectivity index (χ0) is 13.8. The Morgan fingerprint density at radius 1 is 1.44 bits per heavy atom. The van der Waals surface area contributed by atoms with E-state index in [2.05, 4.69) is 9.73 Å². The molecule has 3 N–H and O–H groups in total. The van der Waals surface area contributed by atoms with Crippen molar-refractivity contribution in [3.8, 4) is 0 Å². The summed E-state index contributed by atoms with van der Waals surface area (Å²) in [5.74, 6) is -0.635. The molecule has 18 heavy (non-hydrogen) atoms. The Morgan fingerprint density at radius 3 is 2.67 bits per heavy atom. The first-order chi connectivity index (χ1) is 8.34. The van der Waals surface area contributed by atoms with Gasteiger partial charge in [0.25, 0.3) is 6.02 Å². The summed E-state index contributed by atoms with van der Waals surface area (Å²) < 4.78 is 41.8. The fraction of sp³-hybridized carbons (Fsp3) is 0.100. The number of ether oxygens (including phenoxy) is 1. The number of nitrogens with one attached hydrogen (secondary N) is 1. The summed E-state index contributed by atoms with van der Waals surface area (Å²) in [6.07, 6.45) is -4.42. The van der Waals surface area contributed by atoms with E-state index < -0.39 is 23.7 Å². The molecule has 0 bridgehead atoms. The van der Waals surface area contributed by atoms with E-state index >= 15 is 0 Å². The molecule has 1 aromatic carbocycles. The van der Waals surface area contributed by atoms with Crippen LogP contribution in [0.5, 0.6) is 0 Å². The highest BCUT2D eigenvalue weighted by atomic mass is 19.4. The van der Waals surface area contributed by atoms with Gasteiger partial charge in [-0.15, -0.1) is 0 Å². The van der Waals surface area contributed by atoms with Gasteiger partial charge < -0.3 is 10.5 Å². The minimum Gasteiger partial charge on any atom is -0.407 e. The van der Waals surface area contributed by atoms with Gasteiger partial charge in [-0.25, -0.2) is 0 Å². The Labute approximate surface area is 99.6 Å². The number of nitrogens with two attached hydrogens (primary N) is 1. The monoisotopic (exact) mass is 259 g/mol. The first-order valence-electron chi connectivity index (χ1n) is 4.55. The van der Waals surface area contributed by atoms with Crippen LogP contribution in [0, 0.1) is 5.41 Å². The van der Waals surface area contributed by atoms with Crippen molar-refractivity contribution in [2.24, 2.45) is 10.7 Å². The Balaban J connectivity index is 2.94. The van der Waals surface area contributed by atoms with Crippen LogP contribution >= 0.6 is 0 Å². The average molecular weight is 259 g/mol. The summed E-state index contributed by atoms with van der Waals surface area (Å²) in [5.41, 5.74) is 4.03. The number of aliphatic imine (C=N–C) groups is 1. The van der Waals surface area contributed by atoms with Crippen LogP contribution in [-0.2, 0) is 15.7 Å². The standard InChI is InChI=1S/C10H8F3N3O2/c11-10(12,13)7-3-1-2-6(4-7)8(14)18-9(15)16-5-17/h1-5,14H,(H2,15,16,17). The highest BCUT2D eigenvalue weighted by Crippen LogP contribution is 2.29. The van der Waals surface area contributed by atoms with E-state index in [9.17, 15) is 18.0 Å². The zero-order valence-electron chi connectivity index (χ0n) is 8.86. The quantitative estimate of drug-likeness (QED) is 0.479. The third kappa shape index (κ3) is 3.58. The van der Waals surface area contributed by atoms with Gasteiger partial charge in [0, 0.05) is 5.56 Å². The van der Waals surface area contributed by atoms with Crippen LogP contribution in [0.1, 0.15) is 11.1 Å². The van der Waals surface area contributed by atoms with E-state index in [1.807, 2.05) is 0 Å². The van der Waals surface area contributed by atoms with Gasteiger partial charge in [-0.05, 0) is 18.2 Å². The van der Waals surface area contributed by atoms with Gasteiger partial charge in [0.1, 0.15) is 0 Å². The number of halogens is 3. The second-order valence-electron chi connectivity index (χ2n) is 3.08. The Hall–Kier alpha value is -2.38. The Kier molecular flexibility index (Phi) is 4.03. The van der Waals surface area contributed by atoms with Crippen LogP contribution < -0.4 is 5.73 Å². The van der Waals surface area contributed by atoms with Crippen molar-refractivity contribution >= 4 is 18.3 Å². The average Bonchev–Trinajstić information content (AvgIpc) is 2.28. The van der Waals surface area contributed by atoms with E-state index in [0.717, 1.165) is 18.2 Å².